The van der Waals surface area contributed by atoms with Crippen molar-refractivity contribution in [3.63, 3.8) is 0 Å². The number of pyridine rings is 1. The first-order chi connectivity index (χ1) is 14.2. The van der Waals surface area contributed by atoms with E-state index in [1.165, 1.54) is 6.07 Å². The van der Waals surface area contributed by atoms with Crippen LogP contribution in [0.4, 0.5) is 27.6 Å². The molecule has 2 aromatic heterocycles. The number of rotatable bonds is 5. The van der Waals surface area contributed by atoms with Crippen molar-refractivity contribution in [1.82, 2.24) is 14.8 Å². The summed E-state index contributed by atoms with van der Waals surface area (Å²) < 4.78 is 90.6. The molecule has 0 aromatic carbocycles. The first-order valence-electron chi connectivity index (χ1n) is 9.00. The summed E-state index contributed by atoms with van der Waals surface area (Å²) in [7, 11) is -4.18. The van der Waals surface area contributed by atoms with E-state index in [-0.39, 0.29) is 25.1 Å². The Bertz CT molecular complexity index is 1110. The summed E-state index contributed by atoms with van der Waals surface area (Å²) in [6.07, 6.45) is -4.64. The van der Waals surface area contributed by atoms with Crippen LogP contribution >= 0.6 is 0 Å². The molecule has 31 heavy (non-hydrogen) atoms. The van der Waals surface area contributed by atoms with Crippen molar-refractivity contribution in [3.05, 3.63) is 35.3 Å². The predicted octanol–water partition coefficient (Wildman–Crippen LogP) is 2.94. The smallest absolute Gasteiger partial charge is 0.321 e. The topological polar surface area (TPSA) is 120 Å². The standard InChI is InChI=1S/C17H18F5N5O3S/c1-9-13(15(28)25-11-3-5-24-12(6-11)31(23,29)30)27(26-14(9)17(20,21)22)8-10-2-4-16(18,19)7-10/h3,5-6,10H,2,4,7-8H2,1H3,(H2,23,29,30)(H,24,25,28). The van der Waals surface area contributed by atoms with Gasteiger partial charge in [-0.2, -0.15) is 18.3 Å². The molecule has 8 nitrogen and oxygen atoms in total. The van der Waals surface area contributed by atoms with Crippen molar-refractivity contribution in [3.8, 4) is 0 Å². The Morgan fingerprint density at radius 2 is 2.06 bits per heavy atom. The van der Waals surface area contributed by atoms with Gasteiger partial charge >= 0.3 is 6.18 Å². The fourth-order valence-corrected chi connectivity index (χ4v) is 4.01. The number of halogens is 5. The summed E-state index contributed by atoms with van der Waals surface area (Å²) in [4.78, 5) is 16.3. The van der Waals surface area contributed by atoms with E-state index in [1.54, 1.807) is 0 Å². The second-order valence-corrected chi connectivity index (χ2v) is 8.86. The lowest BCUT2D eigenvalue weighted by atomic mass is 10.1. The van der Waals surface area contributed by atoms with Gasteiger partial charge in [0.1, 0.15) is 5.69 Å². The van der Waals surface area contributed by atoms with Gasteiger partial charge < -0.3 is 5.32 Å². The molecule has 1 saturated carbocycles. The van der Waals surface area contributed by atoms with Crippen LogP contribution in [0.25, 0.3) is 0 Å². The Hall–Kier alpha value is -2.61. The largest absolute Gasteiger partial charge is 0.435 e. The maximum absolute atomic E-state index is 13.5. The third-order valence-corrected chi connectivity index (χ3v) is 5.70. The highest BCUT2D eigenvalue weighted by Gasteiger charge is 2.42. The summed E-state index contributed by atoms with van der Waals surface area (Å²) in [6.45, 7) is 0.751. The maximum Gasteiger partial charge on any atom is 0.435 e. The van der Waals surface area contributed by atoms with E-state index in [0.717, 1.165) is 23.9 Å². The van der Waals surface area contributed by atoms with Gasteiger partial charge in [0.05, 0.1) is 0 Å². The normalized spacial score (nSPS) is 18.9. The van der Waals surface area contributed by atoms with E-state index in [2.05, 4.69) is 15.4 Å². The highest BCUT2D eigenvalue weighted by atomic mass is 32.2. The van der Waals surface area contributed by atoms with Crippen LogP contribution in [0.1, 0.15) is 41.0 Å². The summed E-state index contributed by atoms with van der Waals surface area (Å²) >= 11 is 0. The van der Waals surface area contributed by atoms with E-state index in [1.807, 2.05) is 0 Å². The maximum atomic E-state index is 13.5. The minimum atomic E-state index is -4.86. The molecule has 2 heterocycles. The van der Waals surface area contributed by atoms with E-state index in [4.69, 9.17) is 5.14 Å². The monoisotopic (exact) mass is 467 g/mol. The van der Waals surface area contributed by atoms with Crippen LogP contribution in [0.15, 0.2) is 23.4 Å². The van der Waals surface area contributed by atoms with Crippen molar-refractivity contribution in [2.75, 3.05) is 5.32 Å². The van der Waals surface area contributed by atoms with Gasteiger partial charge in [0, 0.05) is 42.9 Å². The minimum absolute atomic E-state index is 0.0798. The first kappa shape index (κ1) is 23.1. The number of carbonyl (C=O) groups is 1. The number of amides is 1. The molecule has 0 aliphatic heterocycles. The van der Waals surface area contributed by atoms with Crippen molar-refractivity contribution in [1.29, 1.82) is 0 Å². The van der Waals surface area contributed by atoms with Crippen LogP contribution in [0, 0.1) is 12.8 Å². The molecule has 1 aliphatic rings. The van der Waals surface area contributed by atoms with E-state index in [0.29, 0.717) is 0 Å². The van der Waals surface area contributed by atoms with Crippen LogP contribution in [0.5, 0.6) is 0 Å². The number of nitrogens with one attached hydrogen (secondary N) is 1. The SMILES string of the molecule is Cc1c(C(F)(F)F)nn(CC2CCC(F)(F)C2)c1C(=O)Nc1ccnc(S(N)(=O)=O)c1. The van der Waals surface area contributed by atoms with Crippen LogP contribution in [0.2, 0.25) is 0 Å². The third-order valence-electron chi connectivity index (χ3n) is 4.89. The number of primary sulfonamides is 1. The fraction of sp³-hybridized carbons (Fsp3) is 0.471. The molecule has 0 spiro atoms. The number of hydrogen-bond donors (Lipinski definition) is 2. The lowest BCUT2D eigenvalue weighted by molar-refractivity contribution is -0.142. The average Bonchev–Trinajstić information content (AvgIpc) is 3.13. The molecule has 0 saturated heterocycles. The number of aromatic nitrogens is 3. The molecule has 1 amide bonds. The number of hydrogen-bond acceptors (Lipinski definition) is 5. The zero-order valence-corrected chi connectivity index (χ0v) is 16.9. The minimum Gasteiger partial charge on any atom is -0.321 e. The Morgan fingerprint density at radius 1 is 1.39 bits per heavy atom. The van der Waals surface area contributed by atoms with Gasteiger partial charge in [-0.05, 0) is 25.3 Å². The molecule has 2 aromatic rings. The lowest BCUT2D eigenvalue weighted by Crippen LogP contribution is -2.22. The highest BCUT2D eigenvalue weighted by molar-refractivity contribution is 7.89. The Balaban J connectivity index is 1.95. The summed E-state index contributed by atoms with van der Waals surface area (Å²) in [5.74, 6) is -4.59. The number of alkyl halides is 5. The van der Waals surface area contributed by atoms with Crippen LogP contribution in [-0.2, 0) is 22.7 Å². The van der Waals surface area contributed by atoms with Gasteiger partial charge in [-0.15, -0.1) is 0 Å². The number of carbonyl (C=O) groups excluding carboxylic acids is 1. The molecule has 170 valence electrons. The second kappa shape index (κ2) is 7.82. The van der Waals surface area contributed by atoms with Gasteiger partial charge in [-0.1, -0.05) is 0 Å². The van der Waals surface area contributed by atoms with E-state index >= 15 is 0 Å². The molecule has 1 aliphatic carbocycles. The highest BCUT2D eigenvalue weighted by Crippen LogP contribution is 2.40. The Labute approximate surface area is 173 Å². The molecule has 3 rings (SSSR count). The molecule has 0 bridgehead atoms. The summed E-state index contributed by atoms with van der Waals surface area (Å²) in [5.41, 5.74) is -2.33. The second-order valence-electron chi connectivity index (χ2n) is 7.35. The van der Waals surface area contributed by atoms with Crippen molar-refractivity contribution < 1.29 is 35.2 Å². The zero-order valence-electron chi connectivity index (χ0n) is 16.1. The molecule has 1 atom stereocenters. The molecule has 3 N–H and O–H groups in total. The quantitative estimate of drug-likeness (QED) is 0.656. The molecular weight excluding hydrogens is 449 g/mol. The summed E-state index contributed by atoms with van der Waals surface area (Å²) in [5, 5.41) is 10.2. The van der Waals surface area contributed by atoms with Crippen molar-refractivity contribution in [2.45, 2.75) is 49.9 Å². The molecule has 1 unspecified atom stereocenters. The lowest BCUT2D eigenvalue weighted by Gasteiger charge is -2.14. The van der Waals surface area contributed by atoms with Crippen molar-refractivity contribution >= 4 is 21.6 Å². The van der Waals surface area contributed by atoms with Gasteiger partial charge in [-0.25, -0.2) is 27.3 Å². The number of sulfonamides is 1. The van der Waals surface area contributed by atoms with Crippen molar-refractivity contribution in [2.24, 2.45) is 11.1 Å². The van der Waals surface area contributed by atoms with Crippen LogP contribution < -0.4 is 10.5 Å². The fourth-order valence-electron chi connectivity index (χ4n) is 3.52. The molecule has 14 heteroatoms. The zero-order chi connectivity index (χ0) is 23.2. The van der Waals surface area contributed by atoms with Gasteiger partial charge in [-0.3, -0.25) is 9.48 Å². The summed E-state index contributed by atoms with van der Waals surface area (Å²) in [6, 6.07) is 2.15. The Morgan fingerprint density at radius 3 is 2.61 bits per heavy atom. The molecular formula is C17H18F5N5O3S. The molecule has 1 fully saturated rings. The number of nitrogens with zero attached hydrogens (tertiary/aromatic N) is 3. The van der Waals surface area contributed by atoms with E-state index < -0.39 is 62.3 Å². The number of anilines is 1. The predicted molar refractivity (Wildman–Crippen MR) is 97.8 cm³/mol. The van der Waals surface area contributed by atoms with Gasteiger partial charge in [0.15, 0.2) is 10.7 Å². The Kier molecular flexibility index (Phi) is 5.82. The average molecular weight is 467 g/mol. The van der Waals surface area contributed by atoms with Crippen LogP contribution in [-0.4, -0.2) is 35.0 Å². The molecule has 0 radical (unpaired) electrons. The van der Waals surface area contributed by atoms with Gasteiger partial charge in [0.2, 0.25) is 5.92 Å². The van der Waals surface area contributed by atoms with Crippen LogP contribution in [0.3, 0.4) is 0 Å². The van der Waals surface area contributed by atoms with Gasteiger partial charge in [0.25, 0.3) is 15.9 Å². The van der Waals surface area contributed by atoms with E-state index in [9.17, 15) is 35.2 Å². The third kappa shape index (κ3) is 5.18. The first-order valence-corrected chi connectivity index (χ1v) is 10.5. The number of nitrogens with two attached hydrogens (primary N) is 1.